The first-order valence-corrected chi connectivity index (χ1v) is 7.09. The van der Waals surface area contributed by atoms with Gasteiger partial charge in [-0.05, 0) is 60.9 Å². The lowest BCUT2D eigenvalue weighted by Crippen LogP contribution is -2.24. The normalized spacial score (nSPS) is 15.4. The second-order valence-electron chi connectivity index (χ2n) is 5.86. The van der Waals surface area contributed by atoms with Crippen LogP contribution in [0.4, 0.5) is 0 Å². The van der Waals surface area contributed by atoms with Crippen molar-refractivity contribution in [1.29, 1.82) is 0 Å². The number of carboxylic acid groups (broad SMARTS) is 1. The standard InChI is InChI=1S/C17H15ClO3/c1-17(2)9-11-7-10(3-6-15(11)21-17)14-8-12(18)4-5-13(14)16(19)20/h3-8H,9H2,1-2H3,(H,19,20). The molecule has 1 aliphatic heterocycles. The zero-order valence-corrected chi connectivity index (χ0v) is 12.6. The summed E-state index contributed by atoms with van der Waals surface area (Å²) in [7, 11) is 0. The van der Waals surface area contributed by atoms with Gasteiger partial charge in [0.25, 0.3) is 0 Å². The van der Waals surface area contributed by atoms with Crippen LogP contribution in [0.25, 0.3) is 11.1 Å². The van der Waals surface area contributed by atoms with Gasteiger partial charge >= 0.3 is 5.97 Å². The van der Waals surface area contributed by atoms with Crippen molar-refractivity contribution in [3.8, 4) is 16.9 Å². The average molecular weight is 303 g/mol. The SMILES string of the molecule is CC1(C)Cc2cc(-c3cc(Cl)ccc3C(=O)O)ccc2O1. The molecule has 1 N–H and O–H groups in total. The molecule has 0 spiro atoms. The van der Waals surface area contributed by atoms with Gasteiger partial charge in [0.1, 0.15) is 11.4 Å². The Morgan fingerprint density at radius 2 is 2.00 bits per heavy atom. The molecule has 0 unspecified atom stereocenters. The summed E-state index contributed by atoms with van der Waals surface area (Å²) in [6.07, 6.45) is 0.805. The van der Waals surface area contributed by atoms with Crippen LogP contribution in [-0.2, 0) is 6.42 Å². The molecule has 108 valence electrons. The van der Waals surface area contributed by atoms with Crippen LogP contribution >= 0.6 is 11.6 Å². The van der Waals surface area contributed by atoms with Gasteiger partial charge in [0.15, 0.2) is 0 Å². The minimum absolute atomic E-state index is 0.217. The number of fused-ring (bicyclic) bond motifs is 1. The summed E-state index contributed by atoms with van der Waals surface area (Å²) in [5.41, 5.74) is 2.59. The predicted octanol–water partition coefficient (Wildman–Crippen LogP) is 4.42. The number of benzene rings is 2. The molecular weight excluding hydrogens is 288 g/mol. The maximum absolute atomic E-state index is 11.4. The molecule has 4 heteroatoms. The van der Waals surface area contributed by atoms with Gasteiger partial charge in [-0.25, -0.2) is 4.79 Å². The third kappa shape index (κ3) is 2.61. The summed E-state index contributed by atoms with van der Waals surface area (Å²) in [4.78, 5) is 11.4. The maximum atomic E-state index is 11.4. The lowest BCUT2D eigenvalue weighted by Gasteiger charge is -2.16. The summed E-state index contributed by atoms with van der Waals surface area (Å²) >= 11 is 6.02. The first-order chi connectivity index (χ1) is 9.85. The summed E-state index contributed by atoms with van der Waals surface area (Å²) in [5, 5.41) is 9.85. The van der Waals surface area contributed by atoms with Crippen LogP contribution < -0.4 is 4.74 Å². The van der Waals surface area contributed by atoms with Gasteiger partial charge in [-0.2, -0.15) is 0 Å². The van der Waals surface area contributed by atoms with E-state index >= 15 is 0 Å². The van der Waals surface area contributed by atoms with Crippen molar-refractivity contribution < 1.29 is 14.6 Å². The predicted molar refractivity (Wildman–Crippen MR) is 82.3 cm³/mol. The number of aromatic carboxylic acids is 1. The van der Waals surface area contributed by atoms with E-state index < -0.39 is 5.97 Å². The van der Waals surface area contributed by atoms with E-state index in [9.17, 15) is 9.90 Å². The number of rotatable bonds is 2. The van der Waals surface area contributed by atoms with E-state index in [1.54, 1.807) is 12.1 Å². The van der Waals surface area contributed by atoms with Crippen molar-refractivity contribution in [2.45, 2.75) is 25.9 Å². The molecule has 1 aliphatic rings. The highest BCUT2D eigenvalue weighted by molar-refractivity contribution is 6.31. The molecule has 0 fully saturated rings. The van der Waals surface area contributed by atoms with Gasteiger partial charge in [0, 0.05) is 11.4 Å². The molecule has 21 heavy (non-hydrogen) atoms. The lowest BCUT2D eigenvalue weighted by atomic mass is 9.95. The fourth-order valence-corrected chi connectivity index (χ4v) is 2.89. The number of halogens is 1. The van der Waals surface area contributed by atoms with Crippen molar-refractivity contribution in [2.75, 3.05) is 0 Å². The zero-order chi connectivity index (χ0) is 15.2. The molecule has 0 radical (unpaired) electrons. The van der Waals surface area contributed by atoms with Crippen LogP contribution in [0.5, 0.6) is 5.75 Å². The van der Waals surface area contributed by atoms with E-state index in [4.69, 9.17) is 16.3 Å². The Morgan fingerprint density at radius 3 is 2.71 bits per heavy atom. The number of hydrogen-bond donors (Lipinski definition) is 1. The van der Waals surface area contributed by atoms with Gasteiger partial charge in [0.05, 0.1) is 5.56 Å². The number of ether oxygens (including phenoxy) is 1. The lowest BCUT2D eigenvalue weighted by molar-refractivity contribution is 0.0697. The van der Waals surface area contributed by atoms with Crippen LogP contribution in [0.15, 0.2) is 36.4 Å². The summed E-state index contributed by atoms with van der Waals surface area (Å²) in [6.45, 7) is 4.07. The van der Waals surface area contributed by atoms with E-state index in [0.29, 0.717) is 10.6 Å². The molecule has 3 rings (SSSR count). The highest BCUT2D eigenvalue weighted by atomic mass is 35.5. The first-order valence-electron chi connectivity index (χ1n) is 6.71. The van der Waals surface area contributed by atoms with Crippen molar-refractivity contribution in [2.24, 2.45) is 0 Å². The highest BCUT2D eigenvalue weighted by Crippen LogP contribution is 2.38. The topological polar surface area (TPSA) is 46.5 Å². The third-order valence-corrected chi connectivity index (χ3v) is 3.82. The molecule has 0 saturated heterocycles. The molecule has 0 atom stereocenters. The molecule has 0 bridgehead atoms. The van der Waals surface area contributed by atoms with E-state index in [-0.39, 0.29) is 11.2 Å². The number of carboxylic acids is 1. The molecule has 0 saturated carbocycles. The fraction of sp³-hybridized carbons (Fsp3) is 0.235. The highest BCUT2D eigenvalue weighted by Gasteiger charge is 2.30. The Labute approximate surface area is 128 Å². The molecule has 2 aromatic rings. The molecule has 0 aromatic heterocycles. The second-order valence-corrected chi connectivity index (χ2v) is 6.29. The minimum atomic E-state index is -0.959. The third-order valence-electron chi connectivity index (χ3n) is 3.59. The summed E-state index contributed by atoms with van der Waals surface area (Å²) < 4.78 is 5.84. The largest absolute Gasteiger partial charge is 0.487 e. The summed E-state index contributed by atoms with van der Waals surface area (Å²) in [5.74, 6) is -0.0959. The Bertz CT molecular complexity index is 735. The van der Waals surface area contributed by atoms with Gasteiger partial charge in [-0.15, -0.1) is 0 Å². The van der Waals surface area contributed by atoms with Crippen molar-refractivity contribution in [3.05, 3.63) is 52.5 Å². The van der Waals surface area contributed by atoms with Gasteiger partial charge in [-0.1, -0.05) is 17.7 Å². The number of hydrogen-bond acceptors (Lipinski definition) is 2. The van der Waals surface area contributed by atoms with Crippen molar-refractivity contribution in [3.63, 3.8) is 0 Å². The minimum Gasteiger partial charge on any atom is -0.487 e. The van der Waals surface area contributed by atoms with Gasteiger partial charge < -0.3 is 9.84 Å². The Balaban J connectivity index is 2.11. The van der Waals surface area contributed by atoms with Crippen LogP contribution in [0.2, 0.25) is 5.02 Å². The monoisotopic (exact) mass is 302 g/mol. The Hall–Kier alpha value is -2.00. The smallest absolute Gasteiger partial charge is 0.336 e. The molecule has 0 amide bonds. The quantitative estimate of drug-likeness (QED) is 0.893. The van der Waals surface area contributed by atoms with Gasteiger partial charge in [0.2, 0.25) is 0 Å². The van der Waals surface area contributed by atoms with E-state index in [0.717, 1.165) is 23.3 Å². The van der Waals surface area contributed by atoms with E-state index in [1.807, 2.05) is 32.0 Å². The van der Waals surface area contributed by atoms with E-state index in [2.05, 4.69) is 0 Å². The van der Waals surface area contributed by atoms with E-state index in [1.165, 1.54) is 6.07 Å². The van der Waals surface area contributed by atoms with Crippen LogP contribution in [0, 0.1) is 0 Å². The van der Waals surface area contributed by atoms with Crippen LogP contribution in [0.3, 0.4) is 0 Å². The van der Waals surface area contributed by atoms with Gasteiger partial charge in [-0.3, -0.25) is 0 Å². The fourth-order valence-electron chi connectivity index (χ4n) is 2.72. The van der Waals surface area contributed by atoms with Crippen LogP contribution in [-0.4, -0.2) is 16.7 Å². The van der Waals surface area contributed by atoms with Crippen LogP contribution in [0.1, 0.15) is 29.8 Å². The second kappa shape index (κ2) is 4.78. The molecule has 1 heterocycles. The zero-order valence-electron chi connectivity index (χ0n) is 11.8. The average Bonchev–Trinajstić information content (AvgIpc) is 2.70. The molecule has 0 aliphatic carbocycles. The Morgan fingerprint density at radius 1 is 1.24 bits per heavy atom. The first kappa shape index (κ1) is 14.0. The maximum Gasteiger partial charge on any atom is 0.336 e. The van der Waals surface area contributed by atoms with Crippen molar-refractivity contribution >= 4 is 17.6 Å². The molecule has 3 nitrogen and oxygen atoms in total. The molecule has 2 aromatic carbocycles. The Kier molecular flexibility index (Phi) is 3.18. The molecular formula is C17H15ClO3. The number of carbonyl (C=O) groups is 1. The van der Waals surface area contributed by atoms with Crippen molar-refractivity contribution in [1.82, 2.24) is 0 Å². The summed E-state index contributed by atoms with van der Waals surface area (Å²) in [6, 6.07) is 10.6.